The van der Waals surface area contributed by atoms with E-state index in [1.807, 2.05) is 0 Å². The van der Waals surface area contributed by atoms with Gasteiger partial charge in [0, 0.05) is 0 Å². The molecule has 1 atom stereocenters. The predicted molar refractivity (Wildman–Crippen MR) is 26.3 cm³/mol. The van der Waals surface area contributed by atoms with E-state index in [1.54, 1.807) is 0 Å². The van der Waals surface area contributed by atoms with Crippen molar-refractivity contribution in [1.82, 2.24) is 5.43 Å². The average Bonchev–Trinajstić information content (AvgIpc) is 1.91. The number of nitrogens with zero attached hydrogens (tertiary/aromatic N) is 1. The Bertz CT molecular complexity index is 122. The summed E-state index contributed by atoms with van der Waals surface area (Å²) in [5.74, 6) is -0.179. The molecule has 1 unspecified atom stereocenters. The quantitative estimate of drug-likeness (QED) is 0.351. The Morgan fingerprint density at radius 1 is 2.00 bits per heavy atom. The van der Waals surface area contributed by atoms with Crippen LogP contribution in [0.3, 0.4) is 0 Å². The van der Waals surface area contributed by atoms with E-state index in [0.29, 0.717) is 0 Å². The Morgan fingerprint density at radius 3 is 2.86 bits per heavy atom. The van der Waals surface area contributed by atoms with Gasteiger partial charge in [0.25, 0.3) is 0 Å². The molecule has 0 aromatic heterocycles. The summed E-state index contributed by atoms with van der Waals surface area (Å²) in [6.45, 7) is 0. The highest BCUT2D eigenvalue weighted by atomic mass is 35.5. The van der Waals surface area contributed by atoms with E-state index in [2.05, 4.69) is 10.5 Å². The van der Waals surface area contributed by atoms with Crippen molar-refractivity contribution in [3.05, 3.63) is 0 Å². The maximum absolute atomic E-state index is 10.2. The molecule has 0 bridgehead atoms. The molecular formula is C3H3ClN2O. The fourth-order valence-corrected chi connectivity index (χ4v) is 0.408. The van der Waals surface area contributed by atoms with Crippen molar-refractivity contribution in [2.75, 3.05) is 0 Å². The van der Waals surface area contributed by atoms with Crippen LogP contribution in [0.4, 0.5) is 0 Å². The number of hydrogen-bond donors (Lipinski definition) is 1. The highest BCUT2D eigenvalue weighted by molar-refractivity contribution is 6.45. The zero-order valence-electron chi connectivity index (χ0n) is 3.39. The topological polar surface area (TPSA) is 41.5 Å². The molecule has 0 spiro atoms. The van der Waals surface area contributed by atoms with Crippen LogP contribution in [0, 0.1) is 0 Å². The lowest BCUT2D eigenvalue weighted by atomic mass is 10.5. The van der Waals surface area contributed by atoms with E-state index in [4.69, 9.17) is 11.6 Å². The molecule has 1 aliphatic rings. The van der Waals surface area contributed by atoms with Crippen LogP contribution in [0.25, 0.3) is 0 Å². The highest BCUT2D eigenvalue weighted by Gasteiger charge is 2.15. The normalized spacial score (nSPS) is 28.1. The van der Waals surface area contributed by atoms with Crippen LogP contribution in [0.2, 0.25) is 0 Å². The van der Waals surface area contributed by atoms with Gasteiger partial charge in [-0.05, 0) is 0 Å². The molecule has 0 fully saturated rings. The van der Waals surface area contributed by atoms with Gasteiger partial charge in [0.05, 0.1) is 6.21 Å². The van der Waals surface area contributed by atoms with Crippen molar-refractivity contribution in [1.29, 1.82) is 0 Å². The van der Waals surface area contributed by atoms with Crippen molar-refractivity contribution >= 4 is 23.6 Å². The van der Waals surface area contributed by atoms with Gasteiger partial charge in [-0.25, -0.2) is 0 Å². The van der Waals surface area contributed by atoms with Gasteiger partial charge in [-0.1, -0.05) is 11.6 Å². The monoisotopic (exact) mass is 118 g/mol. The Hall–Kier alpha value is -0.570. The van der Waals surface area contributed by atoms with Crippen molar-refractivity contribution in [3.63, 3.8) is 0 Å². The molecule has 0 aromatic rings. The SMILES string of the molecule is O=C1C=NNC1Cl. The summed E-state index contributed by atoms with van der Waals surface area (Å²) < 4.78 is 0. The van der Waals surface area contributed by atoms with Crippen LogP contribution in [-0.2, 0) is 4.79 Å². The summed E-state index contributed by atoms with van der Waals surface area (Å²) in [5, 5.41) is 3.39. The summed E-state index contributed by atoms with van der Waals surface area (Å²) in [6.07, 6.45) is 1.16. The third kappa shape index (κ3) is 0.718. The molecule has 1 heterocycles. The second-order valence-electron chi connectivity index (χ2n) is 1.15. The van der Waals surface area contributed by atoms with Crippen LogP contribution >= 0.6 is 11.6 Å². The first-order chi connectivity index (χ1) is 3.30. The average molecular weight is 119 g/mol. The molecule has 0 saturated heterocycles. The Balaban J connectivity index is 2.62. The summed E-state index contributed by atoms with van der Waals surface area (Å²) in [6, 6.07) is 0. The molecule has 38 valence electrons. The number of carbonyl (C=O) groups excluding carboxylic acids is 1. The first-order valence-corrected chi connectivity index (χ1v) is 2.21. The Morgan fingerprint density at radius 2 is 2.71 bits per heavy atom. The number of alkyl halides is 1. The molecule has 0 saturated carbocycles. The summed E-state index contributed by atoms with van der Waals surface area (Å²) in [7, 11) is 0. The summed E-state index contributed by atoms with van der Waals surface area (Å²) in [4.78, 5) is 10.2. The molecular weight excluding hydrogens is 115 g/mol. The maximum Gasteiger partial charge on any atom is 0.214 e. The minimum Gasteiger partial charge on any atom is -0.289 e. The van der Waals surface area contributed by atoms with Gasteiger partial charge in [0.2, 0.25) is 5.78 Å². The third-order valence-corrected chi connectivity index (χ3v) is 0.942. The van der Waals surface area contributed by atoms with Crippen molar-refractivity contribution in [2.24, 2.45) is 5.10 Å². The molecule has 1 aliphatic heterocycles. The van der Waals surface area contributed by atoms with Gasteiger partial charge in [-0.3, -0.25) is 10.2 Å². The number of ketones is 1. The lowest BCUT2D eigenvalue weighted by Gasteiger charge is -1.91. The molecule has 0 radical (unpaired) electrons. The third-order valence-electron chi connectivity index (χ3n) is 0.629. The van der Waals surface area contributed by atoms with Crippen molar-refractivity contribution in [2.45, 2.75) is 5.50 Å². The molecule has 1 rings (SSSR count). The second-order valence-corrected chi connectivity index (χ2v) is 1.59. The van der Waals surface area contributed by atoms with Gasteiger partial charge in [0.15, 0.2) is 5.50 Å². The minimum atomic E-state index is -0.625. The maximum atomic E-state index is 10.2. The molecule has 7 heavy (non-hydrogen) atoms. The largest absolute Gasteiger partial charge is 0.289 e. The number of hydrazone groups is 1. The fraction of sp³-hybridized carbons (Fsp3) is 0.333. The van der Waals surface area contributed by atoms with Crippen LogP contribution in [0.15, 0.2) is 5.10 Å². The number of halogens is 1. The zero-order valence-corrected chi connectivity index (χ0v) is 4.14. The van der Waals surface area contributed by atoms with E-state index in [9.17, 15) is 4.79 Å². The van der Waals surface area contributed by atoms with Gasteiger partial charge >= 0.3 is 0 Å². The van der Waals surface area contributed by atoms with Crippen LogP contribution in [-0.4, -0.2) is 17.5 Å². The van der Waals surface area contributed by atoms with Crippen molar-refractivity contribution in [3.8, 4) is 0 Å². The minimum absolute atomic E-state index is 0.179. The number of rotatable bonds is 0. The van der Waals surface area contributed by atoms with Crippen LogP contribution in [0.1, 0.15) is 0 Å². The summed E-state index contributed by atoms with van der Waals surface area (Å²) in [5.41, 5.74) is 1.73. The van der Waals surface area contributed by atoms with Gasteiger partial charge in [0.1, 0.15) is 0 Å². The molecule has 4 heteroatoms. The number of nitrogens with one attached hydrogen (secondary N) is 1. The Kier molecular flexibility index (Phi) is 0.982. The Labute approximate surface area is 45.3 Å². The lowest BCUT2D eigenvalue weighted by molar-refractivity contribution is -0.112. The van der Waals surface area contributed by atoms with Gasteiger partial charge in [-0.2, -0.15) is 5.10 Å². The van der Waals surface area contributed by atoms with Gasteiger partial charge < -0.3 is 0 Å². The standard InChI is InChI=1S/C3H3ClN2O/c4-3-2(7)1-5-6-3/h1,3,6H. The van der Waals surface area contributed by atoms with Gasteiger partial charge in [-0.15, -0.1) is 0 Å². The number of Topliss-reactive ketones (excluding diaryl/α,β-unsaturated/α-hetero) is 1. The number of carbonyl (C=O) groups is 1. The fourth-order valence-electron chi connectivity index (χ4n) is 0.295. The molecule has 0 aromatic carbocycles. The lowest BCUT2D eigenvalue weighted by Crippen LogP contribution is -2.19. The second kappa shape index (κ2) is 1.50. The van der Waals surface area contributed by atoms with Crippen LogP contribution in [0.5, 0.6) is 0 Å². The van der Waals surface area contributed by atoms with Crippen molar-refractivity contribution < 1.29 is 4.79 Å². The van der Waals surface area contributed by atoms with E-state index in [1.165, 1.54) is 0 Å². The number of hydrogen-bond acceptors (Lipinski definition) is 3. The highest BCUT2D eigenvalue weighted by Crippen LogP contribution is 1.94. The first-order valence-electron chi connectivity index (χ1n) is 1.77. The molecule has 0 aliphatic carbocycles. The van der Waals surface area contributed by atoms with E-state index < -0.39 is 5.50 Å². The summed E-state index contributed by atoms with van der Waals surface area (Å²) >= 11 is 5.28. The van der Waals surface area contributed by atoms with E-state index in [0.717, 1.165) is 6.21 Å². The zero-order chi connectivity index (χ0) is 5.28. The van der Waals surface area contributed by atoms with E-state index in [-0.39, 0.29) is 5.78 Å². The molecule has 3 nitrogen and oxygen atoms in total. The molecule has 0 amide bonds. The molecule has 1 N–H and O–H groups in total. The predicted octanol–water partition coefficient (Wildman–Crippen LogP) is -0.291. The first kappa shape index (κ1) is 4.59. The van der Waals surface area contributed by atoms with Crippen LogP contribution < -0.4 is 5.43 Å². The smallest absolute Gasteiger partial charge is 0.214 e. The van der Waals surface area contributed by atoms with E-state index >= 15 is 0 Å².